The predicted molar refractivity (Wildman–Crippen MR) is 76.2 cm³/mol. The van der Waals surface area contributed by atoms with E-state index in [2.05, 4.69) is 15.9 Å². The van der Waals surface area contributed by atoms with Gasteiger partial charge in [-0.1, -0.05) is 33.6 Å². The lowest BCUT2D eigenvalue weighted by atomic mass is 10.0. The summed E-state index contributed by atoms with van der Waals surface area (Å²) in [5, 5.41) is 10.9. The number of methoxy groups -OCH3 is 1. The Hall–Kier alpha value is -1.10. The van der Waals surface area contributed by atoms with Crippen LogP contribution in [0, 0.1) is 5.82 Å². The summed E-state index contributed by atoms with van der Waals surface area (Å²) in [6, 6.07) is 9.04. The van der Waals surface area contributed by atoms with Gasteiger partial charge in [0.15, 0.2) is 0 Å². The zero-order chi connectivity index (χ0) is 14.0. The van der Waals surface area contributed by atoms with Crippen molar-refractivity contribution < 1.29 is 14.2 Å². The zero-order valence-electron chi connectivity index (χ0n) is 10.0. The molecule has 1 N–H and O–H groups in total. The van der Waals surface area contributed by atoms with Gasteiger partial charge in [0.05, 0.1) is 7.11 Å². The smallest absolute Gasteiger partial charge is 0.125 e. The number of rotatable bonds is 3. The molecule has 0 radical (unpaired) electrons. The van der Waals surface area contributed by atoms with Crippen molar-refractivity contribution in [2.24, 2.45) is 0 Å². The van der Waals surface area contributed by atoms with E-state index in [1.54, 1.807) is 18.2 Å². The third-order valence-electron chi connectivity index (χ3n) is 2.74. The van der Waals surface area contributed by atoms with Crippen LogP contribution in [0.1, 0.15) is 17.2 Å². The Kier molecular flexibility index (Phi) is 4.45. The Morgan fingerprint density at radius 1 is 1.21 bits per heavy atom. The van der Waals surface area contributed by atoms with Gasteiger partial charge in [-0.2, -0.15) is 0 Å². The second-order valence-corrected chi connectivity index (χ2v) is 5.25. The minimum atomic E-state index is -1.00. The molecule has 0 bridgehead atoms. The van der Waals surface area contributed by atoms with Gasteiger partial charge in [-0.3, -0.25) is 0 Å². The molecule has 0 aliphatic heterocycles. The third kappa shape index (κ3) is 3.08. The summed E-state index contributed by atoms with van der Waals surface area (Å²) in [5.41, 5.74) is 0.957. The lowest BCUT2D eigenvalue weighted by Gasteiger charge is -2.16. The van der Waals surface area contributed by atoms with Gasteiger partial charge >= 0.3 is 0 Å². The third-order valence-corrected chi connectivity index (χ3v) is 3.67. The summed E-state index contributed by atoms with van der Waals surface area (Å²) in [7, 11) is 1.47. The highest BCUT2D eigenvalue weighted by Crippen LogP contribution is 2.35. The van der Waals surface area contributed by atoms with Crippen LogP contribution in [0.5, 0.6) is 5.75 Å². The number of halogens is 3. The van der Waals surface area contributed by atoms with E-state index >= 15 is 0 Å². The van der Waals surface area contributed by atoms with E-state index in [0.29, 0.717) is 26.4 Å². The fourth-order valence-corrected chi connectivity index (χ4v) is 2.71. The Balaban J connectivity index is 2.49. The Morgan fingerprint density at radius 3 is 2.58 bits per heavy atom. The lowest BCUT2D eigenvalue weighted by Crippen LogP contribution is -2.04. The fourth-order valence-electron chi connectivity index (χ4n) is 1.81. The summed E-state index contributed by atoms with van der Waals surface area (Å²) in [5.74, 6) is -0.00399. The van der Waals surface area contributed by atoms with E-state index in [1.807, 2.05) is 0 Å². The molecule has 0 aromatic heterocycles. The molecule has 0 fully saturated rings. The standard InChI is InChI=1S/C14H11BrClFO2/c1-19-13-5-3-9(17)7-11(13)14(18)10-4-2-8(16)6-12(10)15/h2-7,14,18H,1H3. The molecule has 2 nitrogen and oxygen atoms in total. The average Bonchev–Trinajstić information content (AvgIpc) is 2.38. The predicted octanol–water partition coefficient (Wildman–Crippen LogP) is 4.33. The second kappa shape index (κ2) is 5.90. The van der Waals surface area contributed by atoms with Crippen LogP contribution >= 0.6 is 27.5 Å². The molecule has 0 heterocycles. The van der Waals surface area contributed by atoms with E-state index in [4.69, 9.17) is 16.3 Å². The van der Waals surface area contributed by atoms with Crippen LogP contribution in [0.2, 0.25) is 5.02 Å². The number of ether oxygens (including phenoxy) is 1. The van der Waals surface area contributed by atoms with Crippen molar-refractivity contribution in [1.82, 2.24) is 0 Å². The summed E-state index contributed by atoms with van der Waals surface area (Å²) in [6.07, 6.45) is -1.00. The summed E-state index contributed by atoms with van der Waals surface area (Å²) in [4.78, 5) is 0. The van der Waals surface area contributed by atoms with E-state index in [1.165, 1.54) is 25.3 Å². The van der Waals surface area contributed by atoms with Crippen LogP contribution in [0.15, 0.2) is 40.9 Å². The molecule has 2 rings (SSSR count). The summed E-state index contributed by atoms with van der Waals surface area (Å²) >= 11 is 9.19. The molecule has 0 aliphatic rings. The maximum atomic E-state index is 13.3. The van der Waals surface area contributed by atoms with Crippen molar-refractivity contribution in [3.63, 3.8) is 0 Å². The Morgan fingerprint density at radius 2 is 1.95 bits per heavy atom. The molecular weight excluding hydrogens is 335 g/mol. The quantitative estimate of drug-likeness (QED) is 0.897. The molecule has 5 heteroatoms. The van der Waals surface area contributed by atoms with E-state index in [0.717, 1.165) is 0 Å². The van der Waals surface area contributed by atoms with Crippen LogP contribution in [-0.2, 0) is 0 Å². The van der Waals surface area contributed by atoms with Gasteiger partial charge in [0.1, 0.15) is 17.7 Å². The molecule has 0 amide bonds. The number of hydrogen-bond donors (Lipinski definition) is 1. The maximum Gasteiger partial charge on any atom is 0.125 e. The normalized spacial score (nSPS) is 12.3. The molecule has 2 aromatic rings. The number of aliphatic hydroxyl groups is 1. The first-order valence-corrected chi connectivity index (χ1v) is 6.66. The van der Waals surface area contributed by atoms with Gasteiger partial charge in [-0.25, -0.2) is 4.39 Å². The average molecular weight is 346 g/mol. The van der Waals surface area contributed by atoms with Gasteiger partial charge < -0.3 is 9.84 Å². The molecule has 0 aliphatic carbocycles. The van der Waals surface area contributed by atoms with E-state index < -0.39 is 11.9 Å². The van der Waals surface area contributed by atoms with Gasteiger partial charge in [0, 0.05) is 15.1 Å². The van der Waals surface area contributed by atoms with Crippen molar-refractivity contribution in [3.8, 4) is 5.75 Å². The molecular formula is C14H11BrClFO2. The van der Waals surface area contributed by atoms with Crippen LogP contribution in [0.4, 0.5) is 4.39 Å². The maximum absolute atomic E-state index is 13.3. The fraction of sp³-hybridized carbons (Fsp3) is 0.143. The first-order valence-electron chi connectivity index (χ1n) is 5.49. The Labute approximate surface area is 123 Å². The lowest BCUT2D eigenvalue weighted by molar-refractivity contribution is 0.213. The van der Waals surface area contributed by atoms with Crippen LogP contribution in [-0.4, -0.2) is 12.2 Å². The summed E-state index contributed by atoms with van der Waals surface area (Å²) in [6.45, 7) is 0. The second-order valence-electron chi connectivity index (χ2n) is 3.95. The topological polar surface area (TPSA) is 29.5 Å². The van der Waals surface area contributed by atoms with Gasteiger partial charge in [0.25, 0.3) is 0 Å². The van der Waals surface area contributed by atoms with Crippen LogP contribution in [0.25, 0.3) is 0 Å². The van der Waals surface area contributed by atoms with Gasteiger partial charge in [0.2, 0.25) is 0 Å². The molecule has 19 heavy (non-hydrogen) atoms. The first-order chi connectivity index (χ1) is 9.02. The first kappa shape index (κ1) is 14.3. The van der Waals surface area contributed by atoms with Crippen molar-refractivity contribution in [2.45, 2.75) is 6.10 Å². The summed E-state index contributed by atoms with van der Waals surface area (Å²) < 4.78 is 19.1. The van der Waals surface area contributed by atoms with E-state index in [-0.39, 0.29) is 0 Å². The van der Waals surface area contributed by atoms with Crippen molar-refractivity contribution in [3.05, 3.63) is 62.8 Å². The van der Waals surface area contributed by atoms with E-state index in [9.17, 15) is 9.50 Å². The minimum Gasteiger partial charge on any atom is -0.496 e. The molecule has 1 unspecified atom stereocenters. The Bertz CT molecular complexity index is 604. The number of benzene rings is 2. The van der Waals surface area contributed by atoms with Gasteiger partial charge in [-0.05, 0) is 35.9 Å². The van der Waals surface area contributed by atoms with Crippen LogP contribution < -0.4 is 4.74 Å². The largest absolute Gasteiger partial charge is 0.496 e. The van der Waals surface area contributed by atoms with Crippen molar-refractivity contribution >= 4 is 27.5 Å². The van der Waals surface area contributed by atoms with Crippen LogP contribution in [0.3, 0.4) is 0 Å². The molecule has 1 atom stereocenters. The molecule has 0 saturated carbocycles. The number of aliphatic hydroxyl groups excluding tert-OH is 1. The van der Waals surface area contributed by atoms with Crippen molar-refractivity contribution in [2.75, 3.05) is 7.11 Å². The highest BCUT2D eigenvalue weighted by Gasteiger charge is 2.18. The highest BCUT2D eigenvalue weighted by molar-refractivity contribution is 9.10. The molecule has 100 valence electrons. The molecule has 0 spiro atoms. The monoisotopic (exact) mass is 344 g/mol. The molecule has 2 aromatic carbocycles. The SMILES string of the molecule is COc1ccc(F)cc1C(O)c1ccc(Cl)cc1Br. The highest BCUT2D eigenvalue weighted by atomic mass is 79.9. The van der Waals surface area contributed by atoms with Crippen molar-refractivity contribution in [1.29, 1.82) is 0 Å². The number of hydrogen-bond acceptors (Lipinski definition) is 2. The zero-order valence-corrected chi connectivity index (χ0v) is 12.4. The van der Waals surface area contributed by atoms with Gasteiger partial charge in [-0.15, -0.1) is 0 Å². The molecule has 0 saturated heterocycles. The minimum absolute atomic E-state index is 0.366.